The van der Waals surface area contributed by atoms with E-state index in [-0.39, 0.29) is 11.2 Å². The minimum absolute atomic E-state index is 0.0921. The fourth-order valence-electron chi connectivity index (χ4n) is 3.04. The van der Waals surface area contributed by atoms with E-state index < -0.39 is 0 Å². The first kappa shape index (κ1) is 22.5. The molecule has 0 aliphatic rings. The van der Waals surface area contributed by atoms with Crippen LogP contribution in [0.25, 0.3) is 11.4 Å². The summed E-state index contributed by atoms with van der Waals surface area (Å²) < 4.78 is 7.46. The van der Waals surface area contributed by atoms with Gasteiger partial charge in [0.1, 0.15) is 5.76 Å². The summed E-state index contributed by atoms with van der Waals surface area (Å²) in [6.45, 7) is 2.71. The third-order valence-corrected chi connectivity index (χ3v) is 6.33. The maximum Gasteiger partial charge on any atom is 0.233 e. The average Bonchev–Trinajstić information content (AvgIpc) is 3.44. The molecule has 1 atom stereocenters. The fourth-order valence-corrected chi connectivity index (χ4v) is 4.16. The second-order valence-corrected chi connectivity index (χ2v) is 9.26. The van der Waals surface area contributed by atoms with Crippen molar-refractivity contribution < 1.29 is 9.21 Å². The zero-order valence-electron chi connectivity index (χ0n) is 17.2. The van der Waals surface area contributed by atoms with Gasteiger partial charge in [-0.25, -0.2) is 0 Å². The molecule has 9 heteroatoms. The number of carbonyl (C=O) groups excluding carboxylic acids is 1. The summed E-state index contributed by atoms with van der Waals surface area (Å²) in [4.78, 5) is 12.7. The van der Waals surface area contributed by atoms with Gasteiger partial charge in [0.25, 0.3) is 0 Å². The first-order chi connectivity index (χ1) is 15.5. The number of benzene rings is 2. The lowest BCUT2D eigenvalue weighted by Crippen LogP contribution is -2.30. The van der Waals surface area contributed by atoms with E-state index in [0.717, 1.165) is 16.9 Å². The highest BCUT2D eigenvalue weighted by Gasteiger charge is 2.21. The summed E-state index contributed by atoms with van der Waals surface area (Å²) >= 11 is 13.3. The molecule has 4 rings (SSSR count). The molecule has 0 saturated carbocycles. The van der Waals surface area contributed by atoms with Crippen LogP contribution >= 0.6 is 35.0 Å². The van der Waals surface area contributed by atoms with E-state index in [1.165, 1.54) is 11.8 Å². The second kappa shape index (κ2) is 10.3. The molecule has 6 nitrogen and oxygen atoms in total. The Labute approximate surface area is 199 Å². The topological polar surface area (TPSA) is 73.0 Å². The van der Waals surface area contributed by atoms with E-state index in [0.29, 0.717) is 34.1 Å². The van der Waals surface area contributed by atoms with Crippen LogP contribution in [-0.2, 0) is 17.9 Å². The monoisotopic (exact) mass is 486 g/mol. The molecule has 0 saturated heterocycles. The van der Waals surface area contributed by atoms with E-state index in [2.05, 4.69) is 15.5 Å². The van der Waals surface area contributed by atoms with Gasteiger partial charge in [0, 0.05) is 22.2 Å². The van der Waals surface area contributed by atoms with Gasteiger partial charge in [-0.3, -0.25) is 9.36 Å². The van der Waals surface area contributed by atoms with Gasteiger partial charge in [0.2, 0.25) is 5.91 Å². The number of aromatic nitrogens is 3. The molecule has 0 aliphatic carbocycles. The third-order valence-electron chi connectivity index (χ3n) is 4.74. The standard InChI is InChI=1S/C23H20Cl2N4O2S/c1-15(22(30)26-13-16-4-8-18(24)9-5-16)32-23-28-27-21(17-6-10-19(25)11-7-17)29(23)14-20-3-2-12-31-20/h2-12,15H,13-14H2,1H3,(H,26,30). The van der Waals surface area contributed by atoms with Crippen molar-refractivity contribution in [3.05, 3.63) is 88.3 Å². The Morgan fingerprint density at radius 3 is 2.41 bits per heavy atom. The predicted octanol–water partition coefficient (Wildman–Crippen LogP) is 5.69. The maximum absolute atomic E-state index is 12.7. The Kier molecular flexibility index (Phi) is 7.19. The first-order valence-corrected chi connectivity index (χ1v) is 11.5. The van der Waals surface area contributed by atoms with Crippen LogP contribution in [0.3, 0.4) is 0 Å². The second-order valence-electron chi connectivity index (χ2n) is 7.08. The summed E-state index contributed by atoms with van der Waals surface area (Å²) in [6, 6.07) is 18.5. The van der Waals surface area contributed by atoms with Crippen LogP contribution in [0.15, 0.2) is 76.5 Å². The summed E-state index contributed by atoms with van der Waals surface area (Å²) in [5, 5.41) is 13.2. The minimum Gasteiger partial charge on any atom is -0.467 e. The maximum atomic E-state index is 12.7. The molecule has 0 aliphatic heterocycles. The summed E-state index contributed by atoms with van der Waals surface area (Å²) in [5.41, 5.74) is 1.85. The van der Waals surface area contributed by atoms with Crippen molar-refractivity contribution in [1.29, 1.82) is 0 Å². The fraction of sp³-hybridized carbons (Fsp3) is 0.174. The molecule has 0 fully saturated rings. The third kappa shape index (κ3) is 5.54. The zero-order chi connectivity index (χ0) is 22.5. The van der Waals surface area contributed by atoms with Gasteiger partial charge >= 0.3 is 0 Å². The SMILES string of the molecule is CC(Sc1nnc(-c2ccc(Cl)cc2)n1Cc1ccco1)C(=O)NCc1ccc(Cl)cc1. The highest BCUT2D eigenvalue weighted by molar-refractivity contribution is 8.00. The highest BCUT2D eigenvalue weighted by atomic mass is 35.5. The van der Waals surface area contributed by atoms with Gasteiger partial charge in [-0.05, 0) is 61.0 Å². The lowest BCUT2D eigenvalue weighted by molar-refractivity contribution is -0.120. The molecule has 1 amide bonds. The Morgan fingerprint density at radius 2 is 1.75 bits per heavy atom. The number of nitrogens with one attached hydrogen (secondary N) is 1. The number of nitrogens with zero attached hydrogens (tertiary/aromatic N) is 3. The number of amides is 1. The molecular formula is C23H20Cl2N4O2S. The predicted molar refractivity (Wildman–Crippen MR) is 127 cm³/mol. The van der Waals surface area contributed by atoms with Crippen molar-refractivity contribution >= 4 is 40.9 Å². The number of carbonyl (C=O) groups is 1. The Balaban J connectivity index is 1.50. The molecule has 0 radical (unpaired) electrons. The van der Waals surface area contributed by atoms with Crippen molar-refractivity contribution in [3.8, 4) is 11.4 Å². The van der Waals surface area contributed by atoms with Gasteiger partial charge < -0.3 is 9.73 Å². The summed E-state index contributed by atoms with van der Waals surface area (Å²) in [6.07, 6.45) is 1.63. The Hall–Kier alpha value is -2.74. The van der Waals surface area contributed by atoms with Crippen molar-refractivity contribution in [2.75, 3.05) is 0 Å². The average molecular weight is 487 g/mol. The number of furan rings is 1. The van der Waals surface area contributed by atoms with Crippen molar-refractivity contribution in [1.82, 2.24) is 20.1 Å². The molecule has 1 N–H and O–H groups in total. The van der Waals surface area contributed by atoms with Crippen LogP contribution in [0, 0.1) is 0 Å². The smallest absolute Gasteiger partial charge is 0.233 e. The zero-order valence-corrected chi connectivity index (χ0v) is 19.5. The van der Waals surface area contributed by atoms with Crippen molar-refractivity contribution in [2.24, 2.45) is 0 Å². The van der Waals surface area contributed by atoms with Crippen LogP contribution in [0.5, 0.6) is 0 Å². The lowest BCUT2D eigenvalue weighted by Gasteiger charge is -2.13. The summed E-state index contributed by atoms with van der Waals surface area (Å²) in [5.74, 6) is 1.35. The van der Waals surface area contributed by atoms with E-state index in [4.69, 9.17) is 27.6 Å². The normalized spacial score (nSPS) is 12.0. The summed E-state index contributed by atoms with van der Waals surface area (Å²) in [7, 11) is 0. The van der Waals surface area contributed by atoms with Gasteiger partial charge in [0.15, 0.2) is 11.0 Å². The lowest BCUT2D eigenvalue weighted by atomic mass is 10.2. The molecule has 1 unspecified atom stereocenters. The molecule has 2 heterocycles. The van der Waals surface area contributed by atoms with Gasteiger partial charge in [-0.2, -0.15) is 0 Å². The molecule has 2 aromatic heterocycles. The number of hydrogen-bond donors (Lipinski definition) is 1. The van der Waals surface area contributed by atoms with Crippen LogP contribution < -0.4 is 5.32 Å². The number of halogens is 2. The minimum atomic E-state index is -0.375. The van der Waals surface area contributed by atoms with Gasteiger partial charge in [-0.15, -0.1) is 10.2 Å². The van der Waals surface area contributed by atoms with Gasteiger partial charge in [0.05, 0.1) is 18.1 Å². The van der Waals surface area contributed by atoms with Gasteiger partial charge in [-0.1, -0.05) is 47.1 Å². The molecule has 0 bridgehead atoms. The molecule has 164 valence electrons. The molecule has 32 heavy (non-hydrogen) atoms. The van der Waals surface area contributed by atoms with Crippen molar-refractivity contribution in [2.45, 2.75) is 30.4 Å². The van der Waals surface area contributed by atoms with Crippen LogP contribution in [0.2, 0.25) is 10.0 Å². The van der Waals surface area contributed by atoms with E-state index in [1.807, 2.05) is 60.0 Å². The Morgan fingerprint density at radius 1 is 1.06 bits per heavy atom. The largest absolute Gasteiger partial charge is 0.467 e. The van der Waals surface area contributed by atoms with E-state index in [1.54, 1.807) is 18.4 Å². The molecule has 2 aromatic carbocycles. The number of hydrogen-bond acceptors (Lipinski definition) is 5. The quantitative estimate of drug-likeness (QED) is 0.323. The van der Waals surface area contributed by atoms with E-state index >= 15 is 0 Å². The number of thioether (sulfide) groups is 1. The molecule has 0 spiro atoms. The van der Waals surface area contributed by atoms with Crippen LogP contribution in [0.1, 0.15) is 18.2 Å². The van der Waals surface area contributed by atoms with Crippen molar-refractivity contribution in [3.63, 3.8) is 0 Å². The molecule has 4 aromatic rings. The number of rotatable bonds is 8. The Bertz CT molecular complexity index is 1180. The van der Waals surface area contributed by atoms with E-state index in [9.17, 15) is 4.79 Å². The highest BCUT2D eigenvalue weighted by Crippen LogP contribution is 2.28. The van der Waals surface area contributed by atoms with Crippen LogP contribution in [0.4, 0.5) is 0 Å². The molecular weight excluding hydrogens is 467 g/mol. The van der Waals surface area contributed by atoms with Crippen LogP contribution in [-0.4, -0.2) is 25.9 Å². The first-order valence-electron chi connectivity index (χ1n) is 9.90.